The molecule has 156 valence electrons. The standard InChI is InChI=1S/C21H13F6NO2/c22-20(23,24)15-5-1-3-12(7-15)14-9-17(18(28-11-14)10-19(29)30)13-4-2-6-16(8-13)21(25,26)27/h1-9,11H,10H2,(H,29,30). The summed E-state index contributed by atoms with van der Waals surface area (Å²) < 4.78 is 78.2. The van der Waals surface area contributed by atoms with E-state index in [1.54, 1.807) is 0 Å². The van der Waals surface area contributed by atoms with Crippen molar-refractivity contribution in [2.45, 2.75) is 18.8 Å². The van der Waals surface area contributed by atoms with Crippen LogP contribution in [0.2, 0.25) is 0 Å². The van der Waals surface area contributed by atoms with Crippen LogP contribution in [-0.4, -0.2) is 16.1 Å². The third-order valence-corrected chi connectivity index (χ3v) is 4.31. The van der Waals surface area contributed by atoms with E-state index in [0.717, 1.165) is 24.3 Å². The Bertz CT molecular complexity index is 1090. The zero-order valence-electron chi connectivity index (χ0n) is 15.1. The molecule has 1 N–H and O–H groups in total. The lowest BCUT2D eigenvalue weighted by Gasteiger charge is -2.14. The van der Waals surface area contributed by atoms with E-state index in [-0.39, 0.29) is 27.9 Å². The van der Waals surface area contributed by atoms with E-state index in [2.05, 4.69) is 4.98 Å². The minimum absolute atomic E-state index is 0.00227. The molecule has 9 heteroatoms. The van der Waals surface area contributed by atoms with Crippen molar-refractivity contribution in [3.63, 3.8) is 0 Å². The Morgan fingerprint density at radius 1 is 0.800 bits per heavy atom. The summed E-state index contributed by atoms with van der Waals surface area (Å²) in [7, 11) is 0. The Hall–Kier alpha value is -3.36. The summed E-state index contributed by atoms with van der Waals surface area (Å²) in [5.74, 6) is -1.25. The monoisotopic (exact) mass is 425 g/mol. The summed E-state index contributed by atoms with van der Waals surface area (Å²) in [5.41, 5.74) is -1.32. The van der Waals surface area contributed by atoms with Gasteiger partial charge in [-0.2, -0.15) is 26.3 Å². The number of aromatic nitrogens is 1. The van der Waals surface area contributed by atoms with Crippen LogP contribution in [0, 0.1) is 0 Å². The molecule has 0 bridgehead atoms. The summed E-state index contributed by atoms with van der Waals surface area (Å²) in [6.07, 6.45) is -8.55. The Morgan fingerprint density at radius 2 is 1.33 bits per heavy atom. The second-order valence-electron chi connectivity index (χ2n) is 6.45. The quantitative estimate of drug-likeness (QED) is 0.516. The fraction of sp³-hybridized carbons (Fsp3) is 0.143. The van der Waals surface area contributed by atoms with Crippen molar-refractivity contribution in [2.24, 2.45) is 0 Å². The number of benzene rings is 2. The van der Waals surface area contributed by atoms with E-state index in [9.17, 15) is 31.1 Å². The molecule has 0 aliphatic rings. The van der Waals surface area contributed by atoms with E-state index >= 15 is 0 Å². The molecular formula is C21H13F6NO2. The van der Waals surface area contributed by atoms with Crippen molar-refractivity contribution in [3.8, 4) is 22.3 Å². The third kappa shape index (κ3) is 4.79. The van der Waals surface area contributed by atoms with Gasteiger partial charge in [0.15, 0.2) is 0 Å². The number of hydrogen-bond acceptors (Lipinski definition) is 2. The number of aliphatic carboxylic acids is 1. The van der Waals surface area contributed by atoms with Gasteiger partial charge in [-0.25, -0.2) is 0 Å². The molecular weight excluding hydrogens is 412 g/mol. The Balaban J connectivity index is 2.16. The molecule has 0 unspecified atom stereocenters. The lowest BCUT2D eigenvalue weighted by Crippen LogP contribution is -2.07. The Labute approximate surface area is 166 Å². The van der Waals surface area contributed by atoms with Crippen molar-refractivity contribution in [1.29, 1.82) is 0 Å². The number of nitrogens with zero attached hydrogens (tertiary/aromatic N) is 1. The predicted octanol–water partition coefficient (Wildman–Crippen LogP) is 6.08. The first-order valence-electron chi connectivity index (χ1n) is 8.51. The molecule has 0 aliphatic heterocycles. The maximum absolute atomic E-state index is 13.1. The minimum atomic E-state index is -4.62. The molecule has 0 radical (unpaired) electrons. The predicted molar refractivity (Wildman–Crippen MR) is 96.5 cm³/mol. The van der Waals surface area contributed by atoms with Gasteiger partial charge in [0.25, 0.3) is 0 Å². The highest BCUT2D eigenvalue weighted by molar-refractivity contribution is 5.79. The molecule has 0 saturated heterocycles. The van der Waals surface area contributed by atoms with Gasteiger partial charge in [0.2, 0.25) is 0 Å². The maximum Gasteiger partial charge on any atom is 0.416 e. The van der Waals surface area contributed by atoms with Gasteiger partial charge < -0.3 is 5.11 Å². The summed E-state index contributed by atoms with van der Waals surface area (Å²) in [4.78, 5) is 15.2. The molecule has 1 heterocycles. The molecule has 3 rings (SSSR count). The van der Waals surface area contributed by atoms with Crippen LogP contribution < -0.4 is 0 Å². The number of carbonyl (C=O) groups is 1. The fourth-order valence-electron chi connectivity index (χ4n) is 2.92. The van der Waals surface area contributed by atoms with Crippen LogP contribution in [-0.2, 0) is 23.6 Å². The zero-order chi connectivity index (χ0) is 22.1. The molecule has 1 aromatic heterocycles. The van der Waals surface area contributed by atoms with E-state index in [0.29, 0.717) is 0 Å². The minimum Gasteiger partial charge on any atom is -0.481 e. The van der Waals surface area contributed by atoms with Crippen molar-refractivity contribution in [1.82, 2.24) is 4.98 Å². The van der Waals surface area contributed by atoms with Crippen molar-refractivity contribution < 1.29 is 36.2 Å². The van der Waals surface area contributed by atoms with Crippen LogP contribution in [0.3, 0.4) is 0 Å². The van der Waals surface area contributed by atoms with Crippen LogP contribution in [0.5, 0.6) is 0 Å². The highest BCUT2D eigenvalue weighted by Crippen LogP contribution is 2.36. The van der Waals surface area contributed by atoms with Gasteiger partial charge in [-0.3, -0.25) is 9.78 Å². The van der Waals surface area contributed by atoms with Gasteiger partial charge in [0, 0.05) is 17.3 Å². The van der Waals surface area contributed by atoms with Crippen molar-refractivity contribution in [3.05, 3.63) is 77.6 Å². The molecule has 3 aromatic rings. The number of alkyl halides is 6. The van der Waals surface area contributed by atoms with Gasteiger partial charge in [-0.1, -0.05) is 24.3 Å². The number of pyridine rings is 1. The van der Waals surface area contributed by atoms with Crippen LogP contribution in [0.1, 0.15) is 16.8 Å². The molecule has 0 atom stereocenters. The number of hydrogen-bond donors (Lipinski definition) is 1. The Kier molecular flexibility index (Phi) is 5.56. The first-order chi connectivity index (χ1) is 13.9. The first-order valence-corrected chi connectivity index (χ1v) is 8.51. The highest BCUT2D eigenvalue weighted by Gasteiger charge is 2.31. The van der Waals surface area contributed by atoms with Gasteiger partial charge in [0.1, 0.15) is 0 Å². The second-order valence-corrected chi connectivity index (χ2v) is 6.45. The molecule has 0 amide bonds. The van der Waals surface area contributed by atoms with Crippen LogP contribution in [0.4, 0.5) is 26.3 Å². The van der Waals surface area contributed by atoms with Gasteiger partial charge in [0.05, 0.1) is 23.2 Å². The smallest absolute Gasteiger partial charge is 0.416 e. The van der Waals surface area contributed by atoms with E-state index in [4.69, 9.17) is 5.11 Å². The zero-order valence-corrected chi connectivity index (χ0v) is 15.1. The molecule has 0 spiro atoms. The summed E-state index contributed by atoms with van der Waals surface area (Å²) in [6, 6.07) is 9.96. The largest absolute Gasteiger partial charge is 0.481 e. The Morgan fingerprint density at radius 3 is 1.87 bits per heavy atom. The third-order valence-electron chi connectivity index (χ3n) is 4.31. The van der Waals surface area contributed by atoms with Gasteiger partial charge >= 0.3 is 18.3 Å². The molecule has 30 heavy (non-hydrogen) atoms. The fourth-order valence-corrected chi connectivity index (χ4v) is 2.92. The molecule has 0 aliphatic carbocycles. The van der Waals surface area contributed by atoms with Crippen LogP contribution in [0.15, 0.2) is 60.8 Å². The van der Waals surface area contributed by atoms with Crippen LogP contribution in [0.25, 0.3) is 22.3 Å². The average molecular weight is 425 g/mol. The van der Waals surface area contributed by atoms with Gasteiger partial charge in [-0.15, -0.1) is 0 Å². The molecule has 3 nitrogen and oxygen atoms in total. The molecule has 0 fully saturated rings. The van der Waals surface area contributed by atoms with Gasteiger partial charge in [-0.05, 0) is 41.5 Å². The number of carboxylic acids is 1. The first kappa shape index (κ1) is 21.4. The number of carboxylic acid groups (broad SMARTS) is 1. The van der Waals surface area contributed by atoms with E-state index < -0.39 is 35.9 Å². The highest BCUT2D eigenvalue weighted by atomic mass is 19.4. The van der Waals surface area contributed by atoms with E-state index in [1.807, 2.05) is 0 Å². The summed E-state index contributed by atoms with van der Waals surface area (Å²) >= 11 is 0. The topological polar surface area (TPSA) is 50.2 Å². The van der Waals surface area contributed by atoms with Crippen LogP contribution >= 0.6 is 0 Å². The van der Waals surface area contributed by atoms with E-state index in [1.165, 1.54) is 36.5 Å². The number of rotatable bonds is 4. The average Bonchev–Trinajstić information content (AvgIpc) is 2.67. The number of halogens is 6. The normalized spacial score (nSPS) is 12.1. The second kappa shape index (κ2) is 7.81. The molecule has 0 saturated carbocycles. The SMILES string of the molecule is O=C(O)Cc1ncc(-c2cccc(C(F)(F)F)c2)cc1-c1cccc(C(F)(F)F)c1. The van der Waals surface area contributed by atoms with Crippen molar-refractivity contribution in [2.75, 3.05) is 0 Å². The van der Waals surface area contributed by atoms with Crippen molar-refractivity contribution >= 4 is 5.97 Å². The maximum atomic E-state index is 13.1. The lowest BCUT2D eigenvalue weighted by atomic mass is 9.96. The summed E-state index contributed by atoms with van der Waals surface area (Å²) in [6.45, 7) is 0. The molecule has 2 aromatic carbocycles. The summed E-state index contributed by atoms with van der Waals surface area (Å²) in [5, 5.41) is 9.09. The lowest BCUT2D eigenvalue weighted by molar-refractivity contribution is -0.138.